The monoisotopic (exact) mass is 171 g/mol. The SMILES string of the molecule is CC=CC(=O)O.CCCN=C=O. The van der Waals surface area contributed by atoms with Crippen LogP contribution in [0, 0.1) is 0 Å². The predicted octanol–water partition coefficient (Wildman–Crippen LogP) is 1.38. The molecule has 0 saturated carbocycles. The van der Waals surface area contributed by atoms with Crippen LogP contribution < -0.4 is 0 Å². The van der Waals surface area contributed by atoms with Crippen LogP contribution in [0.4, 0.5) is 0 Å². The van der Waals surface area contributed by atoms with Gasteiger partial charge in [-0.1, -0.05) is 13.0 Å². The first-order valence-electron chi connectivity index (χ1n) is 3.58. The summed E-state index contributed by atoms with van der Waals surface area (Å²) in [4.78, 5) is 22.1. The van der Waals surface area contributed by atoms with Crippen molar-refractivity contribution in [1.82, 2.24) is 0 Å². The molecule has 0 amide bonds. The van der Waals surface area contributed by atoms with E-state index in [4.69, 9.17) is 5.11 Å². The molecule has 68 valence electrons. The van der Waals surface area contributed by atoms with Crippen LogP contribution in [0.25, 0.3) is 0 Å². The van der Waals surface area contributed by atoms with E-state index in [9.17, 15) is 9.59 Å². The highest BCUT2D eigenvalue weighted by atomic mass is 16.4. The van der Waals surface area contributed by atoms with Crippen LogP contribution in [-0.2, 0) is 9.59 Å². The average molecular weight is 171 g/mol. The lowest BCUT2D eigenvalue weighted by Gasteiger charge is -1.71. The largest absolute Gasteiger partial charge is 0.478 e. The molecule has 0 radical (unpaired) electrons. The molecule has 0 aromatic rings. The number of carbonyl (C=O) groups is 1. The van der Waals surface area contributed by atoms with Gasteiger partial charge in [0.1, 0.15) is 0 Å². The Labute approximate surface area is 71.6 Å². The highest BCUT2D eigenvalue weighted by Crippen LogP contribution is 1.71. The Morgan fingerprint density at radius 1 is 1.67 bits per heavy atom. The number of carboxylic acid groups (broad SMARTS) is 1. The number of isocyanates is 1. The van der Waals surface area contributed by atoms with Gasteiger partial charge in [0.05, 0.1) is 6.54 Å². The van der Waals surface area contributed by atoms with E-state index in [0.717, 1.165) is 12.5 Å². The van der Waals surface area contributed by atoms with Gasteiger partial charge in [-0.2, -0.15) is 0 Å². The maximum Gasteiger partial charge on any atom is 0.327 e. The molecule has 1 N–H and O–H groups in total. The third kappa shape index (κ3) is 23.5. The normalized spacial score (nSPS) is 8.17. The Balaban J connectivity index is 0. The molecule has 0 spiro atoms. The van der Waals surface area contributed by atoms with Crippen molar-refractivity contribution >= 4 is 12.0 Å². The van der Waals surface area contributed by atoms with E-state index < -0.39 is 5.97 Å². The summed E-state index contributed by atoms with van der Waals surface area (Å²) in [5.41, 5.74) is 0. The van der Waals surface area contributed by atoms with Crippen LogP contribution >= 0.6 is 0 Å². The van der Waals surface area contributed by atoms with Crippen LogP contribution in [0.15, 0.2) is 17.1 Å². The second kappa shape index (κ2) is 12.3. The van der Waals surface area contributed by atoms with Gasteiger partial charge in [-0.3, -0.25) is 0 Å². The Hall–Kier alpha value is -1.41. The van der Waals surface area contributed by atoms with Gasteiger partial charge in [-0.05, 0) is 13.3 Å². The summed E-state index contributed by atoms with van der Waals surface area (Å²) in [7, 11) is 0. The fourth-order valence-electron chi connectivity index (χ4n) is 0.300. The molecular weight excluding hydrogens is 158 g/mol. The lowest BCUT2D eigenvalue weighted by atomic mass is 10.5. The minimum absolute atomic E-state index is 0.615. The van der Waals surface area contributed by atoms with Crippen LogP contribution in [0.1, 0.15) is 20.3 Å². The molecule has 4 heteroatoms. The first-order valence-corrected chi connectivity index (χ1v) is 3.58. The molecule has 0 bridgehead atoms. The summed E-state index contributed by atoms with van der Waals surface area (Å²) in [5.74, 6) is -0.891. The van der Waals surface area contributed by atoms with Gasteiger partial charge >= 0.3 is 5.97 Å². The van der Waals surface area contributed by atoms with Crippen molar-refractivity contribution in [2.24, 2.45) is 4.99 Å². The number of aliphatic imine (C=N–C) groups is 1. The first-order chi connectivity index (χ1) is 5.68. The Morgan fingerprint density at radius 2 is 2.25 bits per heavy atom. The van der Waals surface area contributed by atoms with Gasteiger partial charge in [0.15, 0.2) is 0 Å². The third-order valence-electron chi connectivity index (χ3n) is 0.709. The van der Waals surface area contributed by atoms with Gasteiger partial charge < -0.3 is 5.11 Å². The smallest absolute Gasteiger partial charge is 0.327 e. The van der Waals surface area contributed by atoms with Crippen molar-refractivity contribution in [3.05, 3.63) is 12.2 Å². The minimum Gasteiger partial charge on any atom is -0.478 e. The lowest BCUT2D eigenvalue weighted by Crippen LogP contribution is -1.83. The average Bonchev–Trinajstić information content (AvgIpc) is 2.02. The maximum atomic E-state index is 9.51. The number of rotatable bonds is 3. The van der Waals surface area contributed by atoms with Crippen LogP contribution in [-0.4, -0.2) is 23.7 Å². The maximum absolute atomic E-state index is 9.51. The Kier molecular flexibility index (Phi) is 13.5. The molecule has 0 aromatic carbocycles. The molecule has 0 aromatic heterocycles. The fraction of sp³-hybridized carbons (Fsp3) is 0.500. The van der Waals surface area contributed by atoms with Crippen LogP contribution in [0.2, 0.25) is 0 Å². The summed E-state index contributed by atoms with van der Waals surface area (Å²) in [6.07, 6.45) is 4.93. The summed E-state index contributed by atoms with van der Waals surface area (Å²) in [6, 6.07) is 0. The second-order valence-corrected chi connectivity index (χ2v) is 1.81. The van der Waals surface area contributed by atoms with E-state index >= 15 is 0 Å². The first kappa shape index (κ1) is 13.2. The van der Waals surface area contributed by atoms with E-state index in [1.165, 1.54) is 12.2 Å². The van der Waals surface area contributed by atoms with Crippen molar-refractivity contribution in [3.63, 3.8) is 0 Å². The summed E-state index contributed by atoms with van der Waals surface area (Å²) in [6.45, 7) is 4.23. The molecule has 0 unspecified atom stereocenters. The van der Waals surface area contributed by atoms with E-state index in [0.29, 0.717) is 6.54 Å². The molecule has 0 atom stereocenters. The topological polar surface area (TPSA) is 66.7 Å². The van der Waals surface area contributed by atoms with E-state index in [-0.39, 0.29) is 0 Å². The zero-order valence-electron chi connectivity index (χ0n) is 7.28. The molecule has 0 aliphatic heterocycles. The standard InChI is InChI=1S/C4H7NO.C4H6O2/c1-2-3-5-4-6;1-2-3-4(5)6/h2-3H2,1H3;2-3H,1H3,(H,5,6). The highest BCUT2D eigenvalue weighted by Gasteiger charge is 1.76. The van der Waals surface area contributed by atoms with Crippen LogP contribution in [0.5, 0.6) is 0 Å². The molecule has 0 heterocycles. The third-order valence-corrected chi connectivity index (χ3v) is 0.709. The molecule has 4 nitrogen and oxygen atoms in total. The number of carboxylic acids is 1. The number of nitrogens with zero attached hydrogens (tertiary/aromatic N) is 1. The van der Waals surface area contributed by atoms with Gasteiger partial charge in [0.25, 0.3) is 0 Å². The van der Waals surface area contributed by atoms with E-state index in [2.05, 4.69) is 4.99 Å². The quantitative estimate of drug-likeness (QED) is 0.396. The number of hydrogen-bond acceptors (Lipinski definition) is 3. The number of aliphatic carboxylic acids is 1. The van der Waals surface area contributed by atoms with Crippen molar-refractivity contribution in [2.45, 2.75) is 20.3 Å². The Morgan fingerprint density at radius 3 is 2.33 bits per heavy atom. The highest BCUT2D eigenvalue weighted by molar-refractivity contribution is 5.79. The van der Waals surface area contributed by atoms with Crippen molar-refractivity contribution < 1.29 is 14.7 Å². The van der Waals surface area contributed by atoms with Crippen molar-refractivity contribution in [2.75, 3.05) is 6.54 Å². The molecular formula is C8H13NO3. The van der Waals surface area contributed by atoms with Gasteiger partial charge in [-0.25, -0.2) is 14.6 Å². The lowest BCUT2D eigenvalue weighted by molar-refractivity contribution is -0.131. The van der Waals surface area contributed by atoms with E-state index in [1.807, 2.05) is 6.92 Å². The summed E-state index contributed by atoms with van der Waals surface area (Å²) >= 11 is 0. The zero-order valence-corrected chi connectivity index (χ0v) is 7.28. The molecule has 12 heavy (non-hydrogen) atoms. The zero-order chi connectivity index (χ0) is 9.82. The van der Waals surface area contributed by atoms with Crippen molar-refractivity contribution in [3.8, 4) is 0 Å². The van der Waals surface area contributed by atoms with Gasteiger partial charge in [-0.15, -0.1) is 0 Å². The summed E-state index contributed by atoms with van der Waals surface area (Å²) < 4.78 is 0. The van der Waals surface area contributed by atoms with Gasteiger partial charge in [0.2, 0.25) is 6.08 Å². The predicted molar refractivity (Wildman–Crippen MR) is 45.7 cm³/mol. The molecule has 0 aliphatic rings. The Bertz CT molecular complexity index is 181. The number of carbonyl (C=O) groups excluding carboxylic acids is 1. The second-order valence-electron chi connectivity index (χ2n) is 1.81. The molecule has 0 rings (SSSR count). The molecule has 0 aliphatic carbocycles. The van der Waals surface area contributed by atoms with Gasteiger partial charge in [0, 0.05) is 6.08 Å². The van der Waals surface area contributed by atoms with Crippen molar-refractivity contribution in [1.29, 1.82) is 0 Å². The number of hydrogen-bond donors (Lipinski definition) is 1. The van der Waals surface area contributed by atoms with E-state index in [1.54, 1.807) is 6.92 Å². The minimum atomic E-state index is -0.891. The molecule has 0 fully saturated rings. The number of allylic oxidation sites excluding steroid dienone is 1. The molecule has 0 saturated heterocycles. The fourth-order valence-corrected chi connectivity index (χ4v) is 0.300. The van der Waals surface area contributed by atoms with Crippen LogP contribution in [0.3, 0.4) is 0 Å². The summed E-state index contributed by atoms with van der Waals surface area (Å²) in [5, 5.41) is 7.83.